The van der Waals surface area contributed by atoms with Gasteiger partial charge in [-0.1, -0.05) is 103 Å². The number of Topliss-reactive ketones (excluding diaryl/α,β-unsaturated/α-hetero) is 1. The molecular weight excluding hydrogens is 592 g/mol. The lowest BCUT2D eigenvalue weighted by Gasteiger charge is -2.19. The summed E-state index contributed by atoms with van der Waals surface area (Å²) in [7, 11) is 0. The number of rotatable bonds is 16. The van der Waals surface area contributed by atoms with Crippen LogP contribution in [0.15, 0.2) is 140 Å². The van der Waals surface area contributed by atoms with E-state index in [1.54, 1.807) is 54.6 Å². The summed E-state index contributed by atoms with van der Waals surface area (Å²) in [6.07, 6.45) is 0.864. The summed E-state index contributed by atoms with van der Waals surface area (Å²) in [4.78, 5) is 38.0. The Balaban J connectivity index is 1.12. The highest BCUT2D eigenvalue weighted by molar-refractivity contribution is 6.00. The maximum atomic E-state index is 13.2. The molecule has 5 aromatic rings. The number of hydrogen-bond acceptors (Lipinski definition) is 7. The number of carbonyl (C=O) groups excluding carboxylic acids is 2. The highest BCUT2D eigenvalue weighted by Crippen LogP contribution is 2.27. The molecule has 2 atom stereocenters. The van der Waals surface area contributed by atoms with Crippen molar-refractivity contribution in [1.82, 2.24) is 5.32 Å². The molecule has 238 valence electrons. The molecule has 0 radical (unpaired) electrons. The van der Waals surface area contributed by atoms with Crippen LogP contribution in [-0.4, -0.2) is 42.0 Å². The largest absolute Gasteiger partial charge is 0.494 e. The molecule has 0 fully saturated rings. The summed E-state index contributed by atoms with van der Waals surface area (Å²) in [5.74, 6) is -0.660. The summed E-state index contributed by atoms with van der Waals surface area (Å²) < 4.78 is 11.5. The normalized spacial score (nSPS) is 12.0. The standard InChI is InChI=1S/C39H36N2O6/c42-37(30-15-6-2-7-16-30)36(29-13-4-1-5-14-29)40-25-12-26-46-32-23-21-28(22-24-32)27-34(38(43)44)41-33-19-10-11-20-35(33)47-39(45)31-17-8-3-9-18-31/h1-11,13-24,34,36,40-41H,12,25-27H2,(H,43,44). The lowest BCUT2D eigenvalue weighted by molar-refractivity contribution is -0.137. The van der Waals surface area contributed by atoms with E-state index in [1.807, 2.05) is 84.9 Å². The van der Waals surface area contributed by atoms with Crippen LogP contribution in [0.4, 0.5) is 5.69 Å². The van der Waals surface area contributed by atoms with Crippen LogP contribution in [-0.2, 0) is 11.2 Å². The molecule has 8 nitrogen and oxygen atoms in total. The van der Waals surface area contributed by atoms with Crippen LogP contribution < -0.4 is 20.1 Å². The Bertz CT molecular complexity index is 1750. The zero-order valence-corrected chi connectivity index (χ0v) is 25.8. The highest BCUT2D eigenvalue weighted by atomic mass is 16.5. The van der Waals surface area contributed by atoms with Crippen molar-refractivity contribution in [1.29, 1.82) is 0 Å². The van der Waals surface area contributed by atoms with E-state index in [4.69, 9.17) is 9.47 Å². The first kappa shape index (κ1) is 32.7. The van der Waals surface area contributed by atoms with Crippen LogP contribution in [0.3, 0.4) is 0 Å². The predicted molar refractivity (Wildman–Crippen MR) is 181 cm³/mol. The molecule has 0 aliphatic rings. The van der Waals surface area contributed by atoms with Gasteiger partial charge < -0.3 is 25.2 Å². The van der Waals surface area contributed by atoms with Crippen LogP contribution in [0.5, 0.6) is 11.5 Å². The van der Waals surface area contributed by atoms with Gasteiger partial charge in [-0.05, 0) is 60.5 Å². The van der Waals surface area contributed by atoms with E-state index < -0.39 is 24.0 Å². The molecule has 8 heteroatoms. The van der Waals surface area contributed by atoms with Gasteiger partial charge in [-0.15, -0.1) is 0 Å². The number of ketones is 1. The van der Waals surface area contributed by atoms with Crippen molar-refractivity contribution in [2.45, 2.75) is 24.9 Å². The lowest BCUT2D eigenvalue weighted by Crippen LogP contribution is -2.31. The van der Waals surface area contributed by atoms with E-state index >= 15 is 0 Å². The number of ether oxygens (including phenoxy) is 2. The van der Waals surface area contributed by atoms with E-state index in [0.717, 1.165) is 11.1 Å². The van der Waals surface area contributed by atoms with Crippen molar-refractivity contribution in [3.8, 4) is 11.5 Å². The maximum absolute atomic E-state index is 13.2. The average Bonchev–Trinajstić information content (AvgIpc) is 3.11. The molecular formula is C39H36N2O6. The number of nitrogens with one attached hydrogen (secondary N) is 2. The first-order valence-electron chi connectivity index (χ1n) is 15.4. The number of esters is 1. The maximum Gasteiger partial charge on any atom is 0.343 e. The number of para-hydroxylation sites is 2. The molecule has 0 heterocycles. The van der Waals surface area contributed by atoms with E-state index in [2.05, 4.69) is 10.6 Å². The Kier molecular flexibility index (Phi) is 11.5. The molecule has 0 bridgehead atoms. The van der Waals surface area contributed by atoms with Crippen molar-refractivity contribution in [3.05, 3.63) is 162 Å². The molecule has 0 amide bonds. The zero-order valence-electron chi connectivity index (χ0n) is 25.8. The Morgan fingerprint density at radius 2 is 1.28 bits per heavy atom. The quantitative estimate of drug-likeness (QED) is 0.0464. The Morgan fingerprint density at radius 3 is 1.94 bits per heavy atom. The fraction of sp³-hybridized carbons (Fsp3) is 0.154. The fourth-order valence-electron chi connectivity index (χ4n) is 5.04. The molecule has 0 aliphatic carbocycles. The Hall–Kier alpha value is -5.73. The second-order valence-corrected chi connectivity index (χ2v) is 10.9. The predicted octanol–water partition coefficient (Wildman–Crippen LogP) is 7.00. The molecule has 0 saturated heterocycles. The minimum atomic E-state index is -1.04. The minimum Gasteiger partial charge on any atom is -0.494 e. The molecule has 0 aromatic heterocycles. The van der Waals surface area contributed by atoms with Crippen LogP contribution in [0.1, 0.15) is 44.3 Å². The summed E-state index contributed by atoms with van der Waals surface area (Å²) in [6.45, 7) is 1.01. The van der Waals surface area contributed by atoms with Crippen LogP contribution in [0.25, 0.3) is 0 Å². The number of carboxylic acid groups (broad SMARTS) is 1. The third kappa shape index (κ3) is 9.39. The van der Waals surface area contributed by atoms with Crippen molar-refractivity contribution in [3.63, 3.8) is 0 Å². The highest BCUT2D eigenvalue weighted by Gasteiger charge is 2.22. The van der Waals surface area contributed by atoms with Gasteiger partial charge in [0.2, 0.25) is 0 Å². The van der Waals surface area contributed by atoms with E-state index in [1.165, 1.54) is 0 Å². The lowest BCUT2D eigenvalue weighted by atomic mass is 9.97. The van der Waals surface area contributed by atoms with Crippen molar-refractivity contribution < 1.29 is 29.0 Å². The minimum absolute atomic E-state index is 0.0131. The molecule has 5 aromatic carbocycles. The third-order valence-electron chi connectivity index (χ3n) is 7.48. The molecule has 0 aliphatic heterocycles. The van der Waals surface area contributed by atoms with Gasteiger partial charge in [-0.3, -0.25) is 4.79 Å². The van der Waals surface area contributed by atoms with Gasteiger partial charge in [0.25, 0.3) is 0 Å². The molecule has 0 saturated carbocycles. The number of carbonyl (C=O) groups is 3. The second-order valence-electron chi connectivity index (χ2n) is 10.9. The molecule has 47 heavy (non-hydrogen) atoms. The molecule has 0 spiro atoms. The molecule has 2 unspecified atom stereocenters. The van der Waals surface area contributed by atoms with Gasteiger partial charge in [-0.25, -0.2) is 9.59 Å². The number of carboxylic acids is 1. The second kappa shape index (κ2) is 16.5. The smallest absolute Gasteiger partial charge is 0.343 e. The van der Waals surface area contributed by atoms with Crippen molar-refractivity contribution in [2.75, 3.05) is 18.5 Å². The van der Waals surface area contributed by atoms with Gasteiger partial charge >= 0.3 is 11.9 Å². The fourth-order valence-corrected chi connectivity index (χ4v) is 5.04. The summed E-state index contributed by atoms with van der Waals surface area (Å²) >= 11 is 0. The number of benzene rings is 5. The van der Waals surface area contributed by atoms with Crippen LogP contribution in [0.2, 0.25) is 0 Å². The topological polar surface area (TPSA) is 114 Å². The van der Waals surface area contributed by atoms with Gasteiger partial charge in [0.1, 0.15) is 11.8 Å². The van der Waals surface area contributed by atoms with Crippen LogP contribution in [0, 0.1) is 0 Å². The SMILES string of the molecule is O=C(Oc1ccccc1NC(Cc1ccc(OCCCNC(C(=O)c2ccccc2)c2ccccc2)cc1)C(=O)O)c1ccccc1. The van der Waals surface area contributed by atoms with Gasteiger partial charge in [0.05, 0.1) is 23.9 Å². The Labute approximate surface area is 274 Å². The number of anilines is 1. The van der Waals surface area contributed by atoms with E-state index in [-0.39, 0.29) is 18.0 Å². The zero-order chi connectivity index (χ0) is 32.8. The molecule has 3 N–H and O–H groups in total. The first-order valence-corrected chi connectivity index (χ1v) is 15.4. The van der Waals surface area contributed by atoms with Gasteiger partial charge in [0.15, 0.2) is 11.5 Å². The molecule has 5 rings (SSSR count). The van der Waals surface area contributed by atoms with E-state index in [0.29, 0.717) is 42.1 Å². The number of hydrogen-bond donors (Lipinski definition) is 3. The first-order chi connectivity index (χ1) is 23.0. The third-order valence-corrected chi connectivity index (χ3v) is 7.48. The van der Waals surface area contributed by atoms with Crippen LogP contribution >= 0.6 is 0 Å². The monoisotopic (exact) mass is 628 g/mol. The summed E-state index contributed by atoms with van der Waals surface area (Å²) in [5, 5.41) is 16.4. The van der Waals surface area contributed by atoms with Gasteiger partial charge in [-0.2, -0.15) is 0 Å². The van der Waals surface area contributed by atoms with Crippen molar-refractivity contribution in [2.24, 2.45) is 0 Å². The summed E-state index contributed by atoms with van der Waals surface area (Å²) in [6, 6.07) is 40.1. The van der Waals surface area contributed by atoms with Crippen molar-refractivity contribution >= 4 is 23.4 Å². The van der Waals surface area contributed by atoms with Gasteiger partial charge in [0, 0.05) is 12.0 Å². The number of aliphatic carboxylic acids is 1. The Morgan fingerprint density at radius 1 is 0.681 bits per heavy atom. The summed E-state index contributed by atoms with van der Waals surface area (Å²) in [5.41, 5.74) is 3.15. The van der Waals surface area contributed by atoms with E-state index in [9.17, 15) is 19.5 Å². The average molecular weight is 629 g/mol.